The van der Waals surface area contributed by atoms with Crippen LogP contribution in [0.25, 0.3) is 5.70 Å². The van der Waals surface area contributed by atoms with Crippen molar-refractivity contribution in [2.75, 3.05) is 0 Å². The molecule has 1 aliphatic heterocycles. The van der Waals surface area contributed by atoms with Crippen LogP contribution in [0.2, 0.25) is 0 Å². The van der Waals surface area contributed by atoms with Gasteiger partial charge in [-0.15, -0.1) is 0 Å². The van der Waals surface area contributed by atoms with Crippen molar-refractivity contribution >= 4 is 5.70 Å². The first-order chi connectivity index (χ1) is 9.88. The van der Waals surface area contributed by atoms with Crippen LogP contribution in [-0.4, -0.2) is 13.9 Å². The first kappa shape index (κ1) is 13.7. The van der Waals surface area contributed by atoms with E-state index in [1.54, 1.807) is 0 Å². The third kappa shape index (κ3) is 1.70. The summed E-state index contributed by atoms with van der Waals surface area (Å²) in [4.78, 5) is 24.5. The van der Waals surface area contributed by atoms with E-state index < -0.39 is 0 Å². The molecule has 1 aliphatic rings. The second kappa shape index (κ2) is 4.35. The quantitative estimate of drug-likeness (QED) is 0.842. The molecule has 0 amide bonds. The molecular weight excluding hydrogens is 266 g/mol. The Morgan fingerprint density at radius 1 is 1.19 bits per heavy atom. The van der Waals surface area contributed by atoms with Crippen molar-refractivity contribution in [1.29, 1.82) is 0 Å². The Morgan fingerprint density at radius 3 is 2.38 bits per heavy atom. The van der Waals surface area contributed by atoms with Gasteiger partial charge in [-0.25, -0.2) is 23.5 Å². The maximum absolute atomic E-state index is 12.2. The van der Waals surface area contributed by atoms with Gasteiger partial charge in [-0.1, -0.05) is 43.8 Å². The first-order valence-electron chi connectivity index (χ1n) is 7.02. The summed E-state index contributed by atoms with van der Waals surface area (Å²) in [7, 11) is 1.50. The Balaban J connectivity index is 2.12. The lowest BCUT2D eigenvalue weighted by Crippen LogP contribution is -2.34. The first-order valence-corrected chi connectivity index (χ1v) is 7.02. The molecule has 0 saturated heterocycles. The van der Waals surface area contributed by atoms with Gasteiger partial charge >= 0.3 is 11.4 Å². The topological polar surface area (TPSA) is 48.9 Å². The van der Waals surface area contributed by atoms with Gasteiger partial charge in [0.2, 0.25) is 0 Å². The van der Waals surface area contributed by atoms with E-state index >= 15 is 0 Å². The van der Waals surface area contributed by atoms with Crippen molar-refractivity contribution < 1.29 is 0 Å². The van der Waals surface area contributed by atoms with Crippen LogP contribution in [0.5, 0.6) is 0 Å². The van der Waals surface area contributed by atoms with E-state index in [-0.39, 0.29) is 22.8 Å². The van der Waals surface area contributed by atoms with Gasteiger partial charge in [0.05, 0.1) is 6.04 Å². The zero-order valence-corrected chi connectivity index (χ0v) is 12.5. The predicted octanol–water partition coefficient (Wildman–Crippen LogP) is 1.64. The van der Waals surface area contributed by atoms with Gasteiger partial charge in [0.1, 0.15) is 0 Å². The van der Waals surface area contributed by atoms with Crippen molar-refractivity contribution in [2.24, 2.45) is 12.5 Å². The van der Waals surface area contributed by atoms with Gasteiger partial charge in [-0.3, -0.25) is 0 Å². The molecule has 2 aromatic rings. The molecule has 21 heavy (non-hydrogen) atoms. The van der Waals surface area contributed by atoms with Crippen LogP contribution >= 0.6 is 0 Å². The van der Waals surface area contributed by atoms with E-state index in [1.165, 1.54) is 22.0 Å². The average molecular weight is 285 g/mol. The zero-order valence-electron chi connectivity index (χ0n) is 12.5. The molecule has 5 heteroatoms. The van der Waals surface area contributed by atoms with Gasteiger partial charge in [-0.05, 0) is 18.9 Å². The zero-order chi connectivity index (χ0) is 15.4. The number of hydrogen-bond acceptors (Lipinski definition) is 2. The Bertz CT molecular complexity index is 825. The number of rotatable bonds is 2. The minimum Gasteiger partial charge on any atom is -0.246 e. The van der Waals surface area contributed by atoms with Gasteiger partial charge < -0.3 is 0 Å². The fourth-order valence-corrected chi connectivity index (χ4v) is 3.16. The number of aromatic nitrogens is 3. The number of allylic oxidation sites excluding steroid dienone is 1. The molecule has 110 valence electrons. The summed E-state index contributed by atoms with van der Waals surface area (Å²) in [6.07, 6.45) is 0.741. The lowest BCUT2D eigenvalue weighted by molar-refractivity contribution is 0.305. The van der Waals surface area contributed by atoms with Crippen LogP contribution < -0.4 is 11.4 Å². The molecule has 0 aliphatic carbocycles. The SMILES string of the molecule is C=C1n2c(=O)n(C)c(=O)n2C(C)C1(C)Cc1ccccc1. The van der Waals surface area contributed by atoms with Crippen molar-refractivity contribution in [3.8, 4) is 0 Å². The minimum absolute atomic E-state index is 0.119. The van der Waals surface area contributed by atoms with Crippen molar-refractivity contribution in [1.82, 2.24) is 13.9 Å². The second-order valence-electron chi connectivity index (χ2n) is 5.98. The number of hydrogen-bond donors (Lipinski definition) is 0. The highest BCUT2D eigenvalue weighted by molar-refractivity contribution is 5.52. The molecule has 1 aromatic carbocycles. The monoisotopic (exact) mass is 285 g/mol. The van der Waals surface area contributed by atoms with Crippen molar-refractivity contribution in [3.63, 3.8) is 0 Å². The summed E-state index contributed by atoms with van der Waals surface area (Å²) >= 11 is 0. The molecule has 0 bridgehead atoms. The second-order valence-corrected chi connectivity index (χ2v) is 5.98. The highest BCUT2D eigenvalue weighted by Gasteiger charge is 2.46. The van der Waals surface area contributed by atoms with Gasteiger partial charge in [-0.2, -0.15) is 0 Å². The average Bonchev–Trinajstić information content (AvgIpc) is 2.81. The van der Waals surface area contributed by atoms with Crippen molar-refractivity contribution in [3.05, 3.63) is 63.4 Å². The molecule has 3 rings (SSSR count). The van der Waals surface area contributed by atoms with Crippen LogP contribution in [0.4, 0.5) is 0 Å². The van der Waals surface area contributed by atoms with Gasteiger partial charge in [0.25, 0.3) is 0 Å². The van der Waals surface area contributed by atoms with Crippen LogP contribution in [-0.2, 0) is 13.5 Å². The standard InChI is InChI=1S/C16H19N3O2/c1-11-16(3,10-13-8-6-5-7-9-13)12(2)19-15(21)17(4)14(20)18(11)19/h5-9,12H,1,10H2,2-4H3. The summed E-state index contributed by atoms with van der Waals surface area (Å²) in [5.41, 5.74) is 0.887. The fraction of sp³-hybridized carbons (Fsp3) is 0.375. The molecule has 0 spiro atoms. The predicted molar refractivity (Wildman–Crippen MR) is 82.2 cm³/mol. The molecule has 1 aromatic heterocycles. The van der Waals surface area contributed by atoms with E-state index in [9.17, 15) is 9.59 Å². The minimum atomic E-state index is -0.353. The third-order valence-electron chi connectivity index (χ3n) is 4.78. The van der Waals surface area contributed by atoms with E-state index in [2.05, 4.69) is 25.6 Å². The summed E-state index contributed by atoms with van der Waals surface area (Å²) in [5, 5.41) is 0. The van der Waals surface area contributed by atoms with Gasteiger partial charge in [0, 0.05) is 18.2 Å². The molecular formula is C16H19N3O2. The molecule has 0 saturated carbocycles. The summed E-state index contributed by atoms with van der Waals surface area (Å²) in [6, 6.07) is 9.95. The van der Waals surface area contributed by atoms with E-state index in [4.69, 9.17) is 0 Å². The molecule has 2 atom stereocenters. The molecule has 5 nitrogen and oxygen atoms in total. The Labute approximate surface area is 122 Å². The summed E-state index contributed by atoms with van der Waals surface area (Å²) in [6.45, 7) is 8.13. The smallest absolute Gasteiger partial charge is 0.246 e. The molecule has 0 fully saturated rings. The molecule has 0 radical (unpaired) electrons. The Hall–Kier alpha value is -2.30. The van der Waals surface area contributed by atoms with Crippen LogP contribution in [0, 0.1) is 5.41 Å². The fourth-order valence-electron chi connectivity index (χ4n) is 3.16. The van der Waals surface area contributed by atoms with Crippen LogP contribution in [0.3, 0.4) is 0 Å². The van der Waals surface area contributed by atoms with Crippen LogP contribution in [0.1, 0.15) is 25.5 Å². The number of benzene rings is 1. The normalized spacial score (nSPS) is 24.3. The highest BCUT2D eigenvalue weighted by atomic mass is 16.2. The molecule has 2 heterocycles. The summed E-state index contributed by atoms with van der Waals surface area (Å²) in [5.74, 6) is 0. The van der Waals surface area contributed by atoms with E-state index in [0.29, 0.717) is 5.70 Å². The Morgan fingerprint density at radius 2 is 1.81 bits per heavy atom. The summed E-state index contributed by atoms with van der Waals surface area (Å²) < 4.78 is 4.08. The largest absolute Gasteiger partial charge is 0.351 e. The van der Waals surface area contributed by atoms with E-state index in [0.717, 1.165) is 11.0 Å². The van der Waals surface area contributed by atoms with E-state index in [1.807, 2.05) is 25.1 Å². The molecule has 2 unspecified atom stereocenters. The maximum atomic E-state index is 12.2. The maximum Gasteiger partial charge on any atom is 0.351 e. The van der Waals surface area contributed by atoms with Crippen molar-refractivity contribution in [2.45, 2.75) is 26.3 Å². The Kier molecular flexibility index (Phi) is 2.83. The lowest BCUT2D eigenvalue weighted by atomic mass is 9.76. The molecule has 0 N–H and O–H groups in total. The highest BCUT2D eigenvalue weighted by Crippen LogP contribution is 2.46. The third-order valence-corrected chi connectivity index (χ3v) is 4.78. The number of nitrogens with zero attached hydrogens (tertiary/aromatic N) is 3. The van der Waals surface area contributed by atoms with Gasteiger partial charge in [0.15, 0.2) is 0 Å². The lowest BCUT2D eigenvalue weighted by Gasteiger charge is -2.29. The number of fused-ring (bicyclic) bond motifs is 1. The van der Waals surface area contributed by atoms with Crippen LogP contribution in [0.15, 0.2) is 46.5 Å².